The lowest BCUT2D eigenvalue weighted by Gasteiger charge is -2.33. The molecule has 1 saturated heterocycles. The number of amides is 1. The molecule has 1 unspecified atom stereocenters. The Balaban J connectivity index is 1.74. The van der Waals surface area contributed by atoms with Gasteiger partial charge in [0.25, 0.3) is 0 Å². The molecule has 170 valence electrons. The molecule has 1 amide bonds. The summed E-state index contributed by atoms with van der Waals surface area (Å²) < 4.78 is 5.75. The maximum atomic E-state index is 12.2. The summed E-state index contributed by atoms with van der Waals surface area (Å²) in [5, 5.41) is 13.2. The number of halogens is 2. The molecule has 31 heavy (non-hydrogen) atoms. The third kappa shape index (κ3) is 9.18. The van der Waals surface area contributed by atoms with Gasteiger partial charge in [-0.2, -0.15) is 0 Å². The first-order valence-electron chi connectivity index (χ1n) is 9.61. The molecule has 0 aliphatic carbocycles. The maximum absolute atomic E-state index is 12.2. The van der Waals surface area contributed by atoms with Crippen molar-refractivity contribution in [3.63, 3.8) is 0 Å². The van der Waals surface area contributed by atoms with Gasteiger partial charge in [0.2, 0.25) is 5.91 Å². The van der Waals surface area contributed by atoms with Gasteiger partial charge in [0, 0.05) is 26.2 Å². The fourth-order valence-electron chi connectivity index (χ4n) is 2.86. The number of thioether (sulfide) groups is 1. The first-order valence-corrected chi connectivity index (χ1v) is 11.3. The van der Waals surface area contributed by atoms with Crippen LogP contribution in [-0.4, -0.2) is 72.7 Å². The minimum atomic E-state index is -1.09. The smallest absolute Gasteiger partial charge is 0.320 e. The lowest BCUT2D eigenvalue weighted by Crippen LogP contribution is -2.47. The number of hydrogen-bond donors (Lipinski definition) is 3. The van der Waals surface area contributed by atoms with Crippen LogP contribution in [0, 0.1) is 0 Å². The Morgan fingerprint density at radius 1 is 1.45 bits per heavy atom. The van der Waals surface area contributed by atoms with Gasteiger partial charge in [0.15, 0.2) is 0 Å². The number of morpholine rings is 1. The number of benzene rings is 1. The highest BCUT2D eigenvalue weighted by Crippen LogP contribution is 2.23. The second-order valence-electron chi connectivity index (χ2n) is 6.95. The van der Waals surface area contributed by atoms with Gasteiger partial charge in [0.05, 0.1) is 33.5 Å². The number of aliphatic imine (C=N–C) groups is 1. The topological polar surface area (TPSA) is 117 Å². The van der Waals surface area contributed by atoms with Crippen molar-refractivity contribution in [2.24, 2.45) is 10.7 Å². The van der Waals surface area contributed by atoms with E-state index in [1.54, 1.807) is 12.1 Å². The average Bonchev–Trinajstić information content (AvgIpc) is 2.75. The molecule has 1 aromatic carbocycles. The molecule has 2 atom stereocenters. The zero-order valence-corrected chi connectivity index (χ0v) is 19.3. The molecule has 1 aliphatic rings. The van der Waals surface area contributed by atoms with Crippen LogP contribution < -0.4 is 11.1 Å². The van der Waals surface area contributed by atoms with E-state index < -0.39 is 12.0 Å². The van der Waals surface area contributed by atoms with Crippen molar-refractivity contribution in [1.29, 1.82) is 0 Å². The van der Waals surface area contributed by atoms with Gasteiger partial charge in [-0.1, -0.05) is 47.1 Å². The first-order chi connectivity index (χ1) is 14.8. The normalized spacial score (nSPS) is 18.4. The monoisotopic (exact) mass is 488 g/mol. The Labute approximate surface area is 195 Å². The average molecular weight is 489 g/mol. The third-order valence-electron chi connectivity index (χ3n) is 4.51. The first kappa shape index (κ1) is 25.6. The van der Waals surface area contributed by atoms with Crippen molar-refractivity contribution in [2.75, 3.05) is 32.0 Å². The molecule has 0 spiro atoms. The SMILES string of the molecule is C=N/C(=C\CC(N)C(=O)O)SCC(=O)NC[C@H]1CN(Cc2ccc(Cl)c(Cl)c2)CCO1. The predicted molar refractivity (Wildman–Crippen MR) is 125 cm³/mol. The van der Waals surface area contributed by atoms with E-state index in [0.29, 0.717) is 34.8 Å². The highest BCUT2D eigenvalue weighted by atomic mass is 35.5. The molecule has 4 N–H and O–H groups in total. The van der Waals surface area contributed by atoms with Crippen LogP contribution in [0.15, 0.2) is 34.3 Å². The van der Waals surface area contributed by atoms with Crippen LogP contribution in [0.3, 0.4) is 0 Å². The Morgan fingerprint density at radius 2 is 2.23 bits per heavy atom. The molecule has 1 fully saturated rings. The van der Waals surface area contributed by atoms with Gasteiger partial charge in [-0.3, -0.25) is 19.5 Å². The van der Waals surface area contributed by atoms with E-state index in [0.717, 1.165) is 18.7 Å². The number of rotatable bonds is 11. The molecular weight excluding hydrogens is 463 g/mol. The molecule has 11 heteroatoms. The van der Waals surface area contributed by atoms with Gasteiger partial charge in [-0.15, -0.1) is 0 Å². The van der Waals surface area contributed by atoms with E-state index in [9.17, 15) is 9.59 Å². The van der Waals surface area contributed by atoms with Gasteiger partial charge in [0.1, 0.15) is 6.04 Å². The second-order valence-corrected chi connectivity index (χ2v) is 8.76. The van der Waals surface area contributed by atoms with Crippen molar-refractivity contribution in [2.45, 2.75) is 25.1 Å². The number of carbonyl (C=O) groups is 2. The molecule has 0 radical (unpaired) electrons. The Morgan fingerprint density at radius 3 is 2.90 bits per heavy atom. The summed E-state index contributed by atoms with van der Waals surface area (Å²) in [5.41, 5.74) is 6.52. The molecule has 1 heterocycles. The van der Waals surface area contributed by atoms with Crippen LogP contribution in [0.1, 0.15) is 12.0 Å². The summed E-state index contributed by atoms with van der Waals surface area (Å²) in [6, 6.07) is 4.57. The van der Waals surface area contributed by atoms with Crippen LogP contribution in [0.4, 0.5) is 0 Å². The maximum Gasteiger partial charge on any atom is 0.320 e. The summed E-state index contributed by atoms with van der Waals surface area (Å²) in [6.07, 6.45) is 1.56. The van der Waals surface area contributed by atoms with E-state index in [1.807, 2.05) is 12.1 Å². The number of carbonyl (C=O) groups excluding carboxylic acids is 1. The lowest BCUT2D eigenvalue weighted by atomic mass is 10.2. The summed E-state index contributed by atoms with van der Waals surface area (Å²) in [6.45, 7) is 6.59. The van der Waals surface area contributed by atoms with Gasteiger partial charge < -0.3 is 20.9 Å². The summed E-state index contributed by atoms with van der Waals surface area (Å²) in [5.74, 6) is -1.14. The lowest BCUT2D eigenvalue weighted by molar-refractivity contribution is -0.138. The quantitative estimate of drug-likeness (QED) is 0.409. The fraction of sp³-hybridized carbons (Fsp3) is 0.450. The zero-order valence-electron chi connectivity index (χ0n) is 16.9. The minimum Gasteiger partial charge on any atom is -0.480 e. The molecule has 2 rings (SSSR count). The molecule has 0 saturated carbocycles. The summed E-state index contributed by atoms with van der Waals surface area (Å²) in [4.78, 5) is 29.0. The molecule has 1 aliphatic heterocycles. The summed E-state index contributed by atoms with van der Waals surface area (Å²) in [7, 11) is 0. The van der Waals surface area contributed by atoms with Gasteiger partial charge in [-0.25, -0.2) is 0 Å². The van der Waals surface area contributed by atoms with Crippen LogP contribution in [0.5, 0.6) is 0 Å². The Kier molecular flexibility index (Phi) is 10.8. The Bertz CT molecular complexity index is 824. The number of aliphatic carboxylic acids is 1. The standard InChI is InChI=1S/C20H26Cl2N4O4S/c1-24-19(5-4-17(23)20(28)29)31-12-18(27)25-9-14-11-26(6-7-30-14)10-13-2-3-15(21)16(22)8-13/h2-3,5,8,14,17H,1,4,6-7,9-12,23H2,(H,25,27)(H,28,29)/b19-5+/t14-,17?/m0/s1. The van der Waals surface area contributed by atoms with E-state index in [-0.39, 0.29) is 24.2 Å². The minimum absolute atomic E-state index is 0.114. The van der Waals surface area contributed by atoms with E-state index in [4.69, 9.17) is 38.8 Å². The van der Waals surface area contributed by atoms with Crippen molar-refractivity contribution < 1.29 is 19.4 Å². The van der Waals surface area contributed by atoms with E-state index in [2.05, 4.69) is 21.9 Å². The molecule has 0 bridgehead atoms. The zero-order chi connectivity index (χ0) is 22.8. The van der Waals surface area contributed by atoms with Crippen LogP contribution in [-0.2, 0) is 20.9 Å². The number of nitrogens with two attached hydrogens (primary N) is 1. The van der Waals surface area contributed by atoms with Crippen molar-refractivity contribution >= 4 is 53.6 Å². The number of carboxylic acid groups (broad SMARTS) is 1. The fourth-order valence-corrected chi connectivity index (χ4v) is 3.87. The number of nitrogens with one attached hydrogen (secondary N) is 1. The van der Waals surface area contributed by atoms with E-state index in [1.165, 1.54) is 11.8 Å². The van der Waals surface area contributed by atoms with Crippen LogP contribution >= 0.6 is 35.0 Å². The number of carboxylic acids is 1. The number of ether oxygens (including phenoxy) is 1. The van der Waals surface area contributed by atoms with Crippen molar-refractivity contribution in [3.8, 4) is 0 Å². The van der Waals surface area contributed by atoms with Gasteiger partial charge >= 0.3 is 5.97 Å². The third-order valence-corrected chi connectivity index (χ3v) is 6.25. The van der Waals surface area contributed by atoms with E-state index >= 15 is 0 Å². The molecule has 8 nitrogen and oxygen atoms in total. The molecule has 1 aromatic rings. The Hall–Kier alpha value is -1.62. The number of nitrogens with zero attached hydrogens (tertiary/aromatic N) is 2. The largest absolute Gasteiger partial charge is 0.480 e. The van der Waals surface area contributed by atoms with Crippen LogP contribution in [0.25, 0.3) is 0 Å². The summed E-state index contributed by atoms with van der Waals surface area (Å²) >= 11 is 13.2. The highest BCUT2D eigenvalue weighted by Gasteiger charge is 2.21. The predicted octanol–water partition coefficient (Wildman–Crippen LogP) is 2.39. The number of hydrogen-bond acceptors (Lipinski definition) is 7. The van der Waals surface area contributed by atoms with Crippen molar-refractivity contribution in [3.05, 3.63) is 44.9 Å². The second kappa shape index (κ2) is 13.0. The van der Waals surface area contributed by atoms with Gasteiger partial charge in [-0.05, 0) is 30.8 Å². The molecular formula is C20H26Cl2N4O4S. The van der Waals surface area contributed by atoms with Crippen LogP contribution in [0.2, 0.25) is 10.0 Å². The molecule has 0 aromatic heterocycles. The van der Waals surface area contributed by atoms with Crippen molar-refractivity contribution in [1.82, 2.24) is 10.2 Å². The highest BCUT2D eigenvalue weighted by molar-refractivity contribution is 8.03.